The zero-order valence-corrected chi connectivity index (χ0v) is 24.8. The van der Waals surface area contributed by atoms with E-state index in [1.807, 2.05) is 45.9 Å². The molecule has 4 rings (SSSR count). The van der Waals surface area contributed by atoms with Crippen molar-refractivity contribution in [2.45, 2.75) is 103 Å². The summed E-state index contributed by atoms with van der Waals surface area (Å²) in [4.78, 5) is 13.2. The van der Waals surface area contributed by atoms with Gasteiger partial charge in [-0.15, -0.1) is 0 Å². The van der Waals surface area contributed by atoms with Crippen LogP contribution < -0.4 is 10.8 Å². The molecule has 37 heavy (non-hydrogen) atoms. The summed E-state index contributed by atoms with van der Waals surface area (Å²) in [5.41, 5.74) is 1.25. The predicted molar refractivity (Wildman–Crippen MR) is 151 cm³/mol. The van der Waals surface area contributed by atoms with E-state index < -0.39 is 32.3 Å². The first-order chi connectivity index (χ1) is 17.0. The van der Waals surface area contributed by atoms with Crippen LogP contribution in [0.25, 0.3) is 0 Å². The molecule has 1 aliphatic heterocycles. The van der Waals surface area contributed by atoms with Crippen molar-refractivity contribution in [1.29, 1.82) is 0 Å². The lowest BCUT2D eigenvalue weighted by molar-refractivity contribution is 0.00578. The van der Waals surface area contributed by atoms with Gasteiger partial charge in [0.05, 0.1) is 17.8 Å². The highest BCUT2D eigenvalue weighted by molar-refractivity contribution is 6.74. The lowest BCUT2D eigenvalue weighted by atomic mass is 9.75. The zero-order valence-electron chi connectivity index (χ0n) is 23.8. The SMILES string of the molecule is CC1(C)OB(c2cccc(NC(=O)c3ccc(C4(F)CC4)cc3)c2CO[Si](C)(C)C(C)(C)C)OC1(C)C. The van der Waals surface area contributed by atoms with E-state index in [0.29, 0.717) is 36.3 Å². The Labute approximate surface area is 222 Å². The van der Waals surface area contributed by atoms with Gasteiger partial charge in [-0.3, -0.25) is 4.79 Å². The molecule has 0 radical (unpaired) electrons. The van der Waals surface area contributed by atoms with Crippen molar-refractivity contribution in [2.24, 2.45) is 0 Å². The lowest BCUT2D eigenvalue weighted by Crippen LogP contribution is -2.42. The number of anilines is 1. The van der Waals surface area contributed by atoms with Crippen molar-refractivity contribution in [3.05, 3.63) is 59.2 Å². The minimum atomic E-state index is -2.08. The van der Waals surface area contributed by atoms with Crippen LogP contribution in [0.5, 0.6) is 0 Å². The summed E-state index contributed by atoms with van der Waals surface area (Å²) >= 11 is 0. The molecule has 0 atom stereocenters. The minimum Gasteiger partial charge on any atom is -0.412 e. The topological polar surface area (TPSA) is 56.8 Å². The van der Waals surface area contributed by atoms with Crippen LogP contribution in [-0.2, 0) is 26.0 Å². The third-order valence-electron chi connectivity index (χ3n) is 8.70. The fraction of sp³-hybridized carbons (Fsp3) is 0.552. The Bertz CT molecular complexity index is 1150. The number of carbonyl (C=O) groups is 1. The molecule has 1 amide bonds. The van der Waals surface area contributed by atoms with Gasteiger partial charge in [-0.1, -0.05) is 45.0 Å². The monoisotopic (exact) mass is 525 g/mol. The Kier molecular flexibility index (Phi) is 7.07. The third kappa shape index (κ3) is 5.58. The van der Waals surface area contributed by atoms with Crippen LogP contribution in [0.2, 0.25) is 18.1 Å². The summed E-state index contributed by atoms with van der Waals surface area (Å²) in [6.45, 7) is 19.5. The van der Waals surface area contributed by atoms with E-state index in [-0.39, 0.29) is 10.9 Å². The van der Waals surface area contributed by atoms with Crippen molar-refractivity contribution >= 4 is 32.5 Å². The van der Waals surface area contributed by atoms with E-state index in [0.717, 1.165) is 11.0 Å². The third-order valence-corrected chi connectivity index (χ3v) is 13.2. The smallest absolute Gasteiger partial charge is 0.412 e. The minimum absolute atomic E-state index is 0.0345. The molecule has 2 aromatic carbocycles. The van der Waals surface area contributed by atoms with Crippen molar-refractivity contribution in [1.82, 2.24) is 0 Å². The Morgan fingerprint density at radius 3 is 2.11 bits per heavy atom. The van der Waals surface area contributed by atoms with Crippen LogP contribution in [0, 0.1) is 0 Å². The molecule has 1 heterocycles. The van der Waals surface area contributed by atoms with Crippen molar-refractivity contribution in [3.63, 3.8) is 0 Å². The second-order valence-electron chi connectivity index (χ2n) is 13.0. The number of hydrogen-bond donors (Lipinski definition) is 1. The van der Waals surface area contributed by atoms with Gasteiger partial charge in [0, 0.05) is 11.3 Å². The molecule has 8 heteroatoms. The van der Waals surface area contributed by atoms with Crippen LogP contribution in [0.3, 0.4) is 0 Å². The summed E-state index contributed by atoms with van der Waals surface area (Å²) in [6, 6.07) is 12.6. The standard InChI is InChI=1S/C29H41BFNO4Si/c1-26(2,3)37(8,9)34-19-22-23(30-35-27(4,5)28(6,7)36-30)11-10-12-24(22)32-25(33)20-13-15-21(16-14-20)29(31)17-18-29/h10-16H,17-19H2,1-9H3,(H,32,33). The zero-order chi connectivity index (χ0) is 27.4. The number of hydrogen-bond acceptors (Lipinski definition) is 4. The Hall–Kier alpha value is -2.00. The first-order valence-electron chi connectivity index (χ1n) is 13.2. The Balaban J connectivity index is 1.65. The molecule has 0 bridgehead atoms. The number of benzene rings is 2. The summed E-state index contributed by atoms with van der Waals surface area (Å²) in [5, 5.41) is 3.11. The van der Waals surface area contributed by atoms with Crippen LogP contribution >= 0.6 is 0 Å². The van der Waals surface area contributed by atoms with Gasteiger partial charge in [0.1, 0.15) is 5.67 Å². The molecule has 1 saturated carbocycles. The van der Waals surface area contributed by atoms with Crippen LogP contribution in [-0.4, -0.2) is 32.5 Å². The molecule has 0 spiro atoms. The van der Waals surface area contributed by atoms with Gasteiger partial charge in [-0.25, -0.2) is 4.39 Å². The molecule has 200 valence electrons. The molecular weight excluding hydrogens is 484 g/mol. The first-order valence-corrected chi connectivity index (χ1v) is 16.1. The molecule has 1 N–H and O–H groups in total. The van der Waals surface area contributed by atoms with Gasteiger partial charge in [0.15, 0.2) is 8.32 Å². The van der Waals surface area contributed by atoms with Crippen molar-refractivity contribution in [2.75, 3.05) is 5.32 Å². The number of alkyl halides is 1. The molecule has 5 nitrogen and oxygen atoms in total. The fourth-order valence-electron chi connectivity index (χ4n) is 4.06. The number of amides is 1. The molecule has 0 aromatic heterocycles. The maximum Gasteiger partial charge on any atom is 0.495 e. The molecule has 1 aliphatic carbocycles. The highest BCUT2D eigenvalue weighted by Gasteiger charge is 2.52. The van der Waals surface area contributed by atoms with Crippen LogP contribution in [0.4, 0.5) is 10.1 Å². The average Bonchev–Trinajstić information content (AvgIpc) is 3.50. The van der Waals surface area contributed by atoms with Gasteiger partial charge in [-0.2, -0.15) is 0 Å². The van der Waals surface area contributed by atoms with Gasteiger partial charge < -0.3 is 19.1 Å². The van der Waals surface area contributed by atoms with E-state index >= 15 is 0 Å². The number of nitrogens with one attached hydrogen (secondary N) is 1. The fourth-order valence-corrected chi connectivity index (χ4v) is 4.99. The highest BCUT2D eigenvalue weighted by atomic mass is 28.4. The molecule has 2 aromatic rings. The largest absolute Gasteiger partial charge is 0.495 e. The van der Waals surface area contributed by atoms with Crippen LogP contribution in [0.1, 0.15) is 82.8 Å². The quantitative estimate of drug-likeness (QED) is 0.408. The average molecular weight is 526 g/mol. The summed E-state index contributed by atoms with van der Waals surface area (Å²) in [6.07, 6.45) is 1.09. The molecule has 2 aliphatic rings. The van der Waals surface area contributed by atoms with Gasteiger partial charge >= 0.3 is 7.12 Å². The van der Waals surface area contributed by atoms with E-state index in [2.05, 4.69) is 39.2 Å². The maximum absolute atomic E-state index is 14.4. The molecular formula is C29H41BFNO4Si. The number of carbonyl (C=O) groups excluding carboxylic acids is 1. The normalized spacial score (nSPS) is 20.1. The summed E-state index contributed by atoms with van der Waals surface area (Å²) < 4.78 is 33.7. The lowest BCUT2D eigenvalue weighted by Gasteiger charge is -2.36. The van der Waals surface area contributed by atoms with Gasteiger partial charge in [0.25, 0.3) is 5.91 Å². The Morgan fingerprint density at radius 2 is 1.59 bits per heavy atom. The first kappa shape index (κ1) is 28.0. The summed E-state index contributed by atoms with van der Waals surface area (Å²) in [5.74, 6) is -0.255. The second kappa shape index (κ2) is 9.33. The number of rotatable bonds is 7. The van der Waals surface area contributed by atoms with Crippen molar-refractivity contribution < 1.29 is 22.9 Å². The molecule has 1 saturated heterocycles. The van der Waals surface area contributed by atoms with E-state index in [4.69, 9.17) is 13.7 Å². The van der Waals surface area contributed by atoms with Crippen molar-refractivity contribution in [3.8, 4) is 0 Å². The number of halogens is 1. The van der Waals surface area contributed by atoms with Crippen LogP contribution in [0.15, 0.2) is 42.5 Å². The second-order valence-corrected chi connectivity index (χ2v) is 17.8. The molecule has 0 unspecified atom stereocenters. The maximum atomic E-state index is 14.4. The highest BCUT2D eigenvalue weighted by Crippen LogP contribution is 2.49. The van der Waals surface area contributed by atoms with E-state index in [1.165, 1.54) is 0 Å². The van der Waals surface area contributed by atoms with E-state index in [1.54, 1.807) is 24.3 Å². The predicted octanol–water partition coefficient (Wildman–Crippen LogP) is 6.72. The van der Waals surface area contributed by atoms with Gasteiger partial charge in [-0.05, 0) is 93.5 Å². The molecule has 2 fully saturated rings. The summed E-state index contributed by atoms with van der Waals surface area (Å²) in [7, 11) is -2.67. The van der Waals surface area contributed by atoms with E-state index in [9.17, 15) is 9.18 Å². The Morgan fingerprint density at radius 1 is 1.03 bits per heavy atom. The van der Waals surface area contributed by atoms with Gasteiger partial charge in [0.2, 0.25) is 0 Å².